The van der Waals surface area contributed by atoms with Crippen LogP contribution in [0.25, 0.3) is 10.4 Å². The monoisotopic (exact) mass is 264 g/mol. The average molecular weight is 264 g/mol. The molecule has 0 aliphatic heterocycles. The lowest BCUT2D eigenvalue weighted by Crippen LogP contribution is -2.44. The molecular weight excluding hydrogens is 248 g/mol. The van der Waals surface area contributed by atoms with Crippen molar-refractivity contribution in [2.75, 3.05) is 0 Å². The van der Waals surface area contributed by atoms with Gasteiger partial charge in [-0.1, -0.05) is 17.3 Å². The number of amides is 1. The molecule has 1 aliphatic carbocycles. The van der Waals surface area contributed by atoms with Crippen molar-refractivity contribution in [1.82, 2.24) is 5.32 Å². The first-order valence-electron chi connectivity index (χ1n) is 5.95. The fraction of sp³-hybridized carbons (Fsp3) is 0.500. The summed E-state index contributed by atoms with van der Waals surface area (Å²) < 4.78 is 0. The van der Waals surface area contributed by atoms with E-state index in [0.717, 1.165) is 0 Å². The maximum Gasteiger partial charge on any atom is 0.308 e. The van der Waals surface area contributed by atoms with Gasteiger partial charge in [-0.25, -0.2) is 0 Å². The number of hydrogen-bond acceptors (Lipinski definition) is 3. The van der Waals surface area contributed by atoms with E-state index in [1.807, 2.05) is 0 Å². The quantitative estimate of drug-likeness (QED) is 0.331. The fourth-order valence-corrected chi connectivity index (χ4v) is 1.95. The van der Waals surface area contributed by atoms with Gasteiger partial charge in [-0.15, -0.1) is 6.58 Å². The highest BCUT2D eigenvalue weighted by Gasteiger charge is 2.31. The van der Waals surface area contributed by atoms with Crippen LogP contribution in [0.4, 0.5) is 0 Å². The Bertz CT molecular complexity index is 452. The Kier molecular flexibility index (Phi) is 5.63. The molecule has 0 fully saturated rings. The molecule has 19 heavy (non-hydrogen) atoms. The van der Waals surface area contributed by atoms with Crippen LogP contribution in [0.15, 0.2) is 29.5 Å². The topological polar surface area (TPSA) is 115 Å². The predicted octanol–water partition coefficient (Wildman–Crippen LogP) is 2.13. The second-order valence-corrected chi connectivity index (χ2v) is 4.27. The summed E-state index contributed by atoms with van der Waals surface area (Å²) in [6.07, 6.45) is 4.52. The molecule has 2 atom stereocenters. The molecule has 1 amide bonds. The Hall–Kier alpha value is -2.27. The summed E-state index contributed by atoms with van der Waals surface area (Å²) in [4.78, 5) is 25.4. The van der Waals surface area contributed by atoms with Gasteiger partial charge in [-0.3, -0.25) is 9.59 Å². The highest BCUT2D eigenvalue weighted by molar-refractivity contribution is 5.78. The molecule has 0 heterocycles. The molecule has 7 nitrogen and oxygen atoms in total. The lowest BCUT2D eigenvalue weighted by Gasteiger charge is -2.28. The first-order chi connectivity index (χ1) is 9.08. The second-order valence-electron chi connectivity index (χ2n) is 4.27. The van der Waals surface area contributed by atoms with Crippen molar-refractivity contribution in [3.63, 3.8) is 0 Å². The number of hydrogen-bond donors (Lipinski definition) is 2. The zero-order valence-electron chi connectivity index (χ0n) is 10.5. The minimum absolute atomic E-state index is 0.224. The molecule has 1 rings (SSSR count). The van der Waals surface area contributed by atoms with Crippen LogP contribution in [0, 0.1) is 5.92 Å². The number of azide groups is 1. The van der Waals surface area contributed by atoms with Crippen LogP contribution in [0.1, 0.15) is 25.7 Å². The molecule has 1 unspecified atom stereocenters. The summed E-state index contributed by atoms with van der Waals surface area (Å²) in [5, 5.41) is 15.3. The molecule has 0 saturated carbocycles. The average Bonchev–Trinajstić information content (AvgIpc) is 2.36. The summed E-state index contributed by atoms with van der Waals surface area (Å²) in [6.45, 7) is 3.52. The van der Waals surface area contributed by atoms with E-state index in [-0.39, 0.29) is 25.2 Å². The van der Waals surface area contributed by atoms with E-state index in [0.29, 0.717) is 12.1 Å². The van der Waals surface area contributed by atoms with Gasteiger partial charge in [-0.2, -0.15) is 0 Å². The lowest BCUT2D eigenvalue weighted by molar-refractivity contribution is -0.143. The summed E-state index contributed by atoms with van der Waals surface area (Å²) >= 11 is 0. The molecule has 0 aromatic carbocycles. The molecule has 0 aromatic heterocycles. The number of nitrogens with one attached hydrogen (secondary N) is 1. The highest BCUT2D eigenvalue weighted by atomic mass is 16.4. The molecule has 0 aromatic rings. The van der Waals surface area contributed by atoms with Gasteiger partial charge in [-0.05, 0) is 24.8 Å². The Balaban J connectivity index is 2.73. The van der Waals surface area contributed by atoms with Gasteiger partial charge in [0, 0.05) is 23.1 Å². The second kappa shape index (κ2) is 7.23. The fourth-order valence-electron chi connectivity index (χ4n) is 1.95. The molecule has 1 aliphatic rings. The van der Waals surface area contributed by atoms with Gasteiger partial charge in [0.05, 0.1) is 5.92 Å². The first kappa shape index (κ1) is 14.8. The normalized spacial score (nSPS) is 21.8. The van der Waals surface area contributed by atoms with Crippen LogP contribution in [0.3, 0.4) is 0 Å². The van der Waals surface area contributed by atoms with Crippen LogP contribution in [0.5, 0.6) is 0 Å². The third-order valence-electron chi connectivity index (χ3n) is 2.93. The zero-order chi connectivity index (χ0) is 14.3. The number of aliphatic carboxylic acids is 1. The highest BCUT2D eigenvalue weighted by Crippen LogP contribution is 2.25. The van der Waals surface area contributed by atoms with E-state index in [1.165, 1.54) is 0 Å². The third kappa shape index (κ3) is 4.48. The maximum absolute atomic E-state index is 11.6. The SMILES string of the molecule is C=CCCC(=O)NC1CC(N=[N+]=[N-])=CC[C@H]1C(=O)O. The van der Waals surface area contributed by atoms with Crippen LogP contribution < -0.4 is 5.32 Å². The molecular formula is C12H16N4O3. The molecule has 102 valence electrons. The van der Waals surface area contributed by atoms with Gasteiger partial charge in [0.15, 0.2) is 0 Å². The molecule has 0 radical (unpaired) electrons. The molecule has 0 bridgehead atoms. The largest absolute Gasteiger partial charge is 0.481 e. The van der Waals surface area contributed by atoms with E-state index in [1.54, 1.807) is 12.2 Å². The van der Waals surface area contributed by atoms with Crippen molar-refractivity contribution in [2.45, 2.75) is 31.7 Å². The van der Waals surface area contributed by atoms with Crippen LogP contribution in [0.2, 0.25) is 0 Å². The first-order valence-corrected chi connectivity index (χ1v) is 5.95. The van der Waals surface area contributed by atoms with Gasteiger partial charge in [0.25, 0.3) is 0 Å². The number of nitrogens with zero attached hydrogens (tertiary/aromatic N) is 3. The van der Waals surface area contributed by atoms with E-state index >= 15 is 0 Å². The van der Waals surface area contributed by atoms with Crippen molar-refractivity contribution >= 4 is 11.9 Å². The summed E-state index contributed by atoms with van der Waals surface area (Å²) in [7, 11) is 0. The number of rotatable bonds is 6. The minimum Gasteiger partial charge on any atom is -0.481 e. The van der Waals surface area contributed by atoms with E-state index in [9.17, 15) is 9.59 Å². The summed E-state index contributed by atoms with van der Waals surface area (Å²) in [6, 6.07) is -0.541. The van der Waals surface area contributed by atoms with Crippen molar-refractivity contribution in [2.24, 2.45) is 11.0 Å². The van der Waals surface area contributed by atoms with Crippen LogP contribution in [-0.4, -0.2) is 23.0 Å². The molecule has 0 spiro atoms. The third-order valence-corrected chi connectivity index (χ3v) is 2.93. The number of carboxylic acid groups (broad SMARTS) is 1. The number of carbonyl (C=O) groups is 2. The van der Waals surface area contributed by atoms with E-state index < -0.39 is 17.9 Å². The zero-order valence-corrected chi connectivity index (χ0v) is 10.5. The van der Waals surface area contributed by atoms with E-state index in [2.05, 4.69) is 21.9 Å². The summed E-state index contributed by atoms with van der Waals surface area (Å²) in [5.74, 6) is -1.88. The Morgan fingerprint density at radius 1 is 1.68 bits per heavy atom. The maximum atomic E-state index is 11.6. The van der Waals surface area contributed by atoms with Crippen molar-refractivity contribution in [3.05, 3.63) is 34.9 Å². The van der Waals surface area contributed by atoms with Crippen molar-refractivity contribution < 1.29 is 14.7 Å². The minimum atomic E-state index is -0.967. The molecule has 7 heteroatoms. The lowest BCUT2D eigenvalue weighted by atomic mass is 9.87. The van der Waals surface area contributed by atoms with Crippen molar-refractivity contribution in [1.29, 1.82) is 0 Å². The molecule has 2 N–H and O–H groups in total. The Morgan fingerprint density at radius 3 is 3.00 bits per heavy atom. The van der Waals surface area contributed by atoms with Crippen molar-refractivity contribution in [3.8, 4) is 0 Å². The van der Waals surface area contributed by atoms with Gasteiger partial charge >= 0.3 is 5.97 Å². The Morgan fingerprint density at radius 2 is 2.42 bits per heavy atom. The number of carboxylic acids is 1. The van der Waals surface area contributed by atoms with Crippen LogP contribution in [-0.2, 0) is 9.59 Å². The number of carbonyl (C=O) groups excluding carboxylic acids is 1. The van der Waals surface area contributed by atoms with Crippen LogP contribution >= 0.6 is 0 Å². The van der Waals surface area contributed by atoms with Gasteiger partial charge in [0.2, 0.25) is 5.91 Å². The van der Waals surface area contributed by atoms with E-state index in [4.69, 9.17) is 10.6 Å². The standard InChI is InChI=1S/C12H16N4O3/c1-2-3-4-11(17)14-10-7-8(15-16-13)5-6-9(10)12(18)19/h2,5,9-10H,1,3-4,6-7H2,(H,14,17)(H,18,19)/t9-,10?/m1/s1. The Labute approximate surface area is 110 Å². The molecule has 0 saturated heterocycles. The summed E-state index contributed by atoms with van der Waals surface area (Å²) in [5.41, 5.74) is 8.85. The number of allylic oxidation sites excluding steroid dienone is 2. The van der Waals surface area contributed by atoms with Gasteiger partial charge < -0.3 is 10.4 Å². The predicted molar refractivity (Wildman–Crippen MR) is 69.0 cm³/mol. The smallest absolute Gasteiger partial charge is 0.308 e. The van der Waals surface area contributed by atoms with Gasteiger partial charge in [0.1, 0.15) is 0 Å².